The van der Waals surface area contributed by atoms with E-state index in [1.54, 1.807) is 19.1 Å². The quantitative estimate of drug-likeness (QED) is 0.787. The molecule has 0 aliphatic carbocycles. The number of ketones is 1. The lowest BCUT2D eigenvalue weighted by Crippen LogP contribution is -2.08. The smallest absolute Gasteiger partial charge is 0.221 e. The Kier molecular flexibility index (Phi) is 3.48. The van der Waals surface area contributed by atoms with Crippen LogP contribution in [0, 0.1) is 6.92 Å². The maximum atomic E-state index is 11.1. The molecule has 0 atom stereocenters. The fraction of sp³-hybridized carbons (Fsp3) is 0.273. The van der Waals surface area contributed by atoms with E-state index >= 15 is 0 Å². The van der Waals surface area contributed by atoms with Crippen molar-refractivity contribution < 1.29 is 9.59 Å². The normalized spacial score (nSPS) is 9.87. The van der Waals surface area contributed by atoms with Crippen molar-refractivity contribution in [2.24, 2.45) is 0 Å². The fourth-order valence-electron chi connectivity index (χ4n) is 1.28. The second kappa shape index (κ2) is 4.45. The number of halogens is 1. The Balaban J connectivity index is 3.21. The van der Waals surface area contributed by atoms with E-state index in [1.807, 2.05) is 0 Å². The van der Waals surface area contributed by atoms with Gasteiger partial charge in [-0.2, -0.15) is 0 Å². The minimum absolute atomic E-state index is 0.0469. The monoisotopic (exact) mass is 225 g/mol. The second-order valence-electron chi connectivity index (χ2n) is 3.39. The van der Waals surface area contributed by atoms with Crippen molar-refractivity contribution in [3.63, 3.8) is 0 Å². The van der Waals surface area contributed by atoms with Gasteiger partial charge in [0.1, 0.15) is 0 Å². The van der Waals surface area contributed by atoms with Crippen LogP contribution >= 0.6 is 11.6 Å². The zero-order chi connectivity index (χ0) is 11.6. The molecule has 0 spiro atoms. The molecule has 0 aromatic heterocycles. The highest BCUT2D eigenvalue weighted by molar-refractivity contribution is 6.34. The van der Waals surface area contributed by atoms with Gasteiger partial charge in [-0.05, 0) is 31.5 Å². The summed E-state index contributed by atoms with van der Waals surface area (Å²) in [5.74, 6) is -0.232. The van der Waals surface area contributed by atoms with Crippen molar-refractivity contribution >= 4 is 29.0 Å². The van der Waals surface area contributed by atoms with Gasteiger partial charge in [0.15, 0.2) is 5.78 Å². The van der Waals surface area contributed by atoms with Gasteiger partial charge in [-0.1, -0.05) is 11.6 Å². The van der Waals surface area contributed by atoms with Gasteiger partial charge in [-0.15, -0.1) is 0 Å². The second-order valence-corrected chi connectivity index (χ2v) is 3.79. The number of rotatable bonds is 2. The van der Waals surface area contributed by atoms with Gasteiger partial charge in [0.05, 0.1) is 10.7 Å². The van der Waals surface area contributed by atoms with E-state index in [0.29, 0.717) is 16.3 Å². The molecule has 4 heteroatoms. The largest absolute Gasteiger partial charge is 0.325 e. The summed E-state index contributed by atoms with van der Waals surface area (Å²) in [4.78, 5) is 22.0. The molecule has 0 radical (unpaired) electrons. The van der Waals surface area contributed by atoms with Crippen LogP contribution in [0.3, 0.4) is 0 Å². The molecule has 0 aliphatic rings. The van der Waals surface area contributed by atoms with Crippen molar-refractivity contribution in [3.8, 4) is 0 Å². The van der Waals surface area contributed by atoms with E-state index in [-0.39, 0.29) is 11.7 Å². The van der Waals surface area contributed by atoms with E-state index in [9.17, 15) is 9.59 Å². The van der Waals surface area contributed by atoms with Crippen molar-refractivity contribution in [1.82, 2.24) is 0 Å². The average Bonchev–Trinajstić information content (AvgIpc) is 2.10. The first-order valence-corrected chi connectivity index (χ1v) is 4.88. The summed E-state index contributed by atoms with van der Waals surface area (Å²) in [5, 5.41) is 3.01. The van der Waals surface area contributed by atoms with Crippen LogP contribution in [0.25, 0.3) is 0 Å². The number of Topliss-reactive ketones (excluding diaryl/α,β-unsaturated/α-hetero) is 1. The van der Waals surface area contributed by atoms with E-state index in [4.69, 9.17) is 11.6 Å². The maximum absolute atomic E-state index is 11.1. The Morgan fingerprint density at radius 2 is 1.87 bits per heavy atom. The molecule has 0 saturated heterocycles. The van der Waals surface area contributed by atoms with E-state index in [1.165, 1.54) is 13.8 Å². The summed E-state index contributed by atoms with van der Waals surface area (Å²) in [7, 11) is 0. The minimum Gasteiger partial charge on any atom is -0.325 e. The first-order valence-electron chi connectivity index (χ1n) is 4.50. The molecule has 15 heavy (non-hydrogen) atoms. The van der Waals surface area contributed by atoms with Crippen LogP contribution in [0.2, 0.25) is 5.02 Å². The van der Waals surface area contributed by atoms with Gasteiger partial charge in [0.2, 0.25) is 5.91 Å². The Morgan fingerprint density at radius 1 is 1.27 bits per heavy atom. The predicted octanol–water partition coefficient (Wildman–Crippen LogP) is 2.81. The zero-order valence-corrected chi connectivity index (χ0v) is 9.61. The Hall–Kier alpha value is -1.35. The molecule has 3 nitrogen and oxygen atoms in total. The zero-order valence-electron chi connectivity index (χ0n) is 8.85. The number of hydrogen-bond donors (Lipinski definition) is 1. The highest BCUT2D eigenvalue weighted by atomic mass is 35.5. The van der Waals surface area contributed by atoms with Crippen molar-refractivity contribution in [1.29, 1.82) is 0 Å². The Morgan fingerprint density at radius 3 is 2.27 bits per heavy atom. The number of benzene rings is 1. The van der Waals surface area contributed by atoms with Gasteiger partial charge in [-0.3, -0.25) is 9.59 Å². The fourth-order valence-corrected chi connectivity index (χ4v) is 1.60. The Bertz CT molecular complexity index is 404. The number of amides is 1. The molecule has 0 unspecified atom stereocenters. The summed E-state index contributed by atoms with van der Waals surface area (Å²) in [6.07, 6.45) is 0. The van der Waals surface area contributed by atoms with Crippen molar-refractivity contribution in [2.45, 2.75) is 20.8 Å². The summed E-state index contributed by atoms with van der Waals surface area (Å²) < 4.78 is 0. The van der Waals surface area contributed by atoms with Crippen LogP contribution < -0.4 is 5.32 Å². The summed E-state index contributed by atoms with van der Waals surface area (Å²) in [6, 6.07) is 3.27. The van der Waals surface area contributed by atoms with Gasteiger partial charge in [-0.25, -0.2) is 0 Å². The molecule has 0 aliphatic heterocycles. The van der Waals surface area contributed by atoms with Crippen LogP contribution in [-0.4, -0.2) is 11.7 Å². The highest BCUT2D eigenvalue weighted by Gasteiger charge is 2.09. The third-order valence-electron chi connectivity index (χ3n) is 1.99. The van der Waals surface area contributed by atoms with E-state index < -0.39 is 0 Å². The van der Waals surface area contributed by atoms with Crippen molar-refractivity contribution in [2.75, 3.05) is 5.32 Å². The number of aryl methyl sites for hydroxylation is 1. The molecule has 0 fully saturated rings. The van der Waals surface area contributed by atoms with Crippen LogP contribution in [0.4, 0.5) is 5.69 Å². The average molecular weight is 226 g/mol. The molecule has 1 rings (SSSR count). The molecular weight excluding hydrogens is 214 g/mol. The van der Waals surface area contributed by atoms with Crippen molar-refractivity contribution in [3.05, 3.63) is 28.3 Å². The predicted molar refractivity (Wildman–Crippen MR) is 60.5 cm³/mol. The highest BCUT2D eigenvalue weighted by Crippen LogP contribution is 2.27. The molecule has 1 aromatic rings. The number of nitrogens with one attached hydrogen (secondary N) is 1. The standard InChI is InChI=1S/C11H12ClNO2/c1-6-4-9(7(2)14)5-10(12)11(6)13-8(3)15/h4-5H,1-3H3,(H,13,15). The lowest BCUT2D eigenvalue weighted by molar-refractivity contribution is -0.114. The summed E-state index contributed by atoms with van der Waals surface area (Å²) in [5.41, 5.74) is 1.89. The molecule has 0 saturated carbocycles. The van der Waals surface area contributed by atoms with Gasteiger partial charge >= 0.3 is 0 Å². The molecule has 0 bridgehead atoms. The Labute approximate surface area is 93.4 Å². The lowest BCUT2D eigenvalue weighted by Gasteiger charge is -2.10. The van der Waals surface area contributed by atoms with E-state index in [0.717, 1.165) is 5.56 Å². The maximum Gasteiger partial charge on any atom is 0.221 e. The first kappa shape index (κ1) is 11.7. The molecule has 80 valence electrons. The number of hydrogen-bond acceptors (Lipinski definition) is 2. The van der Waals surface area contributed by atoms with Gasteiger partial charge in [0.25, 0.3) is 0 Å². The SMILES string of the molecule is CC(=O)Nc1c(C)cc(C(C)=O)cc1Cl. The number of carbonyl (C=O) groups is 2. The van der Waals surface area contributed by atoms with Gasteiger partial charge in [0, 0.05) is 12.5 Å². The molecule has 1 aromatic carbocycles. The van der Waals surface area contributed by atoms with Crippen LogP contribution in [0.5, 0.6) is 0 Å². The minimum atomic E-state index is -0.185. The lowest BCUT2D eigenvalue weighted by atomic mass is 10.1. The summed E-state index contributed by atoms with van der Waals surface area (Å²) in [6.45, 7) is 4.68. The molecule has 0 heterocycles. The third kappa shape index (κ3) is 2.80. The molecule has 1 N–H and O–H groups in total. The van der Waals surface area contributed by atoms with Crippen LogP contribution in [0.1, 0.15) is 29.8 Å². The number of carbonyl (C=O) groups excluding carboxylic acids is 2. The molecular formula is C11H12ClNO2. The third-order valence-corrected chi connectivity index (χ3v) is 2.29. The first-order chi connectivity index (χ1) is 6.91. The topological polar surface area (TPSA) is 46.2 Å². The molecule has 1 amide bonds. The number of anilines is 1. The van der Waals surface area contributed by atoms with E-state index in [2.05, 4.69) is 5.32 Å². The van der Waals surface area contributed by atoms with Gasteiger partial charge < -0.3 is 5.32 Å². The summed E-state index contributed by atoms with van der Waals surface area (Å²) >= 11 is 5.96. The van der Waals surface area contributed by atoms with Crippen LogP contribution in [-0.2, 0) is 4.79 Å². The van der Waals surface area contributed by atoms with Crippen LogP contribution in [0.15, 0.2) is 12.1 Å².